The largest absolute Gasteiger partial charge is 0.481 e. The van der Waals surface area contributed by atoms with E-state index in [9.17, 15) is 13.2 Å². The molecule has 1 aromatic rings. The fourth-order valence-corrected chi connectivity index (χ4v) is 2.69. The van der Waals surface area contributed by atoms with Gasteiger partial charge in [0, 0.05) is 13.6 Å². The number of aliphatic carboxylic acids is 1. The minimum Gasteiger partial charge on any atom is -0.481 e. The lowest BCUT2D eigenvalue weighted by Gasteiger charge is -2.16. The zero-order valence-electron chi connectivity index (χ0n) is 10.5. The fourth-order valence-electron chi connectivity index (χ4n) is 1.51. The van der Waals surface area contributed by atoms with Crippen molar-refractivity contribution in [3.63, 3.8) is 0 Å². The average molecular weight is 275 g/mol. The third-order valence-corrected chi connectivity index (χ3v) is 4.16. The Morgan fingerprint density at radius 2 is 2.17 bits per heavy atom. The van der Waals surface area contributed by atoms with E-state index < -0.39 is 21.9 Å². The quantitative estimate of drug-likeness (QED) is 0.764. The Bertz CT molecular complexity index is 521. The van der Waals surface area contributed by atoms with Gasteiger partial charge in [-0.3, -0.25) is 9.48 Å². The highest BCUT2D eigenvalue weighted by atomic mass is 32.2. The van der Waals surface area contributed by atoms with Crippen LogP contribution in [0.25, 0.3) is 0 Å². The summed E-state index contributed by atoms with van der Waals surface area (Å²) in [6.07, 6.45) is 1.37. The Balaban J connectivity index is 2.80. The lowest BCUT2D eigenvalue weighted by Crippen LogP contribution is -2.36. The molecule has 0 aromatic carbocycles. The summed E-state index contributed by atoms with van der Waals surface area (Å²) in [6, 6.07) is 1.35. The summed E-state index contributed by atoms with van der Waals surface area (Å²) >= 11 is 0. The molecule has 0 aliphatic heterocycles. The van der Waals surface area contributed by atoms with E-state index in [-0.39, 0.29) is 17.5 Å². The van der Waals surface area contributed by atoms with Crippen LogP contribution in [0.15, 0.2) is 17.3 Å². The van der Waals surface area contributed by atoms with Crippen LogP contribution in [0.3, 0.4) is 0 Å². The number of carbonyl (C=O) groups is 1. The molecule has 0 aliphatic carbocycles. The van der Waals surface area contributed by atoms with E-state index in [1.54, 1.807) is 13.8 Å². The van der Waals surface area contributed by atoms with Crippen LogP contribution in [-0.4, -0.2) is 35.8 Å². The molecule has 0 aliphatic rings. The van der Waals surface area contributed by atoms with Crippen molar-refractivity contribution < 1.29 is 18.3 Å². The van der Waals surface area contributed by atoms with E-state index in [4.69, 9.17) is 5.11 Å². The Hall–Kier alpha value is -1.41. The van der Waals surface area contributed by atoms with Crippen LogP contribution in [0.4, 0.5) is 0 Å². The molecular formula is C10H17N3O4S. The van der Waals surface area contributed by atoms with Gasteiger partial charge in [0.1, 0.15) is 0 Å². The molecule has 0 amide bonds. The smallest absolute Gasteiger partial charge is 0.308 e. The van der Waals surface area contributed by atoms with Crippen molar-refractivity contribution in [3.8, 4) is 0 Å². The summed E-state index contributed by atoms with van der Waals surface area (Å²) in [7, 11) is -2.22. The molecule has 0 saturated heterocycles. The molecule has 0 spiro atoms. The fraction of sp³-hybridized carbons (Fsp3) is 0.600. The zero-order valence-corrected chi connectivity index (χ0v) is 11.3. The molecular weight excluding hydrogens is 258 g/mol. The number of aryl methyl sites for hydroxylation is 1. The molecule has 0 fully saturated rings. The number of carboxylic acids is 1. The zero-order chi connectivity index (χ0) is 13.9. The van der Waals surface area contributed by atoms with Crippen molar-refractivity contribution >= 4 is 16.0 Å². The van der Waals surface area contributed by atoms with Crippen molar-refractivity contribution in [1.82, 2.24) is 14.5 Å². The van der Waals surface area contributed by atoms with Crippen LogP contribution in [-0.2, 0) is 21.9 Å². The molecule has 1 rings (SSSR count). The minimum absolute atomic E-state index is 0.00962. The topological polar surface area (TPSA) is 101 Å². The summed E-state index contributed by atoms with van der Waals surface area (Å²) in [6.45, 7) is 3.33. The molecule has 18 heavy (non-hydrogen) atoms. The number of sulfonamides is 1. The van der Waals surface area contributed by atoms with E-state index in [0.29, 0.717) is 0 Å². The van der Waals surface area contributed by atoms with Crippen molar-refractivity contribution in [2.45, 2.75) is 18.9 Å². The van der Waals surface area contributed by atoms with E-state index in [2.05, 4.69) is 9.82 Å². The number of aromatic nitrogens is 2. The van der Waals surface area contributed by atoms with Crippen molar-refractivity contribution in [1.29, 1.82) is 0 Å². The van der Waals surface area contributed by atoms with Gasteiger partial charge in [-0.15, -0.1) is 0 Å². The molecule has 102 valence electrons. The van der Waals surface area contributed by atoms with Gasteiger partial charge in [0.05, 0.1) is 12.1 Å². The predicted octanol–water partition coefficient (Wildman–Crippen LogP) is 0.0552. The monoisotopic (exact) mass is 275 g/mol. The molecule has 1 heterocycles. The van der Waals surface area contributed by atoms with Gasteiger partial charge < -0.3 is 5.11 Å². The van der Waals surface area contributed by atoms with Gasteiger partial charge in [-0.25, -0.2) is 13.1 Å². The Labute approximate surface area is 106 Å². The van der Waals surface area contributed by atoms with Gasteiger partial charge in [-0.2, -0.15) is 5.10 Å². The highest BCUT2D eigenvalue weighted by Crippen LogP contribution is 2.12. The van der Waals surface area contributed by atoms with E-state index in [1.807, 2.05) is 0 Å². The molecule has 2 N–H and O–H groups in total. The lowest BCUT2D eigenvalue weighted by molar-refractivity contribution is -0.142. The van der Waals surface area contributed by atoms with Crippen molar-refractivity contribution in [3.05, 3.63) is 12.3 Å². The molecule has 1 atom stereocenters. The SMILES string of the molecule is CC(C)C(CNS(=O)(=O)c1ccnn1C)C(=O)O. The number of hydrogen-bond acceptors (Lipinski definition) is 4. The van der Waals surface area contributed by atoms with Crippen LogP contribution in [0.5, 0.6) is 0 Å². The van der Waals surface area contributed by atoms with E-state index in [0.717, 1.165) is 0 Å². The second-order valence-corrected chi connectivity index (χ2v) is 6.05. The van der Waals surface area contributed by atoms with Crippen molar-refractivity contribution in [2.75, 3.05) is 6.54 Å². The maximum atomic E-state index is 11.9. The summed E-state index contributed by atoms with van der Waals surface area (Å²) in [4.78, 5) is 11.0. The van der Waals surface area contributed by atoms with E-state index >= 15 is 0 Å². The van der Waals surface area contributed by atoms with Crippen LogP contribution in [0.2, 0.25) is 0 Å². The first kappa shape index (κ1) is 14.7. The average Bonchev–Trinajstić information content (AvgIpc) is 2.63. The third kappa shape index (κ3) is 3.30. The van der Waals surface area contributed by atoms with Crippen LogP contribution >= 0.6 is 0 Å². The van der Waals surface area contributed by atoms with Gasteiger partial charge >= 0.3 is 5.97 Å². The maximum absolute atomic E-state index is 11.9. The number of rotatable bonds is 6. The molecule has 7 nitrogen and oxygen atoms in total. The summed E-state index contributed by atoms with van der Waals surface area (Å²) in [5.74, 6) is -1.93. The Kier molecular flexibility index (Phi) is 4.47. The number of hydrogen-bond donors (Lipinski definition) is 2. The molecule has 1 aromatic heterocycles. The van der Waals surface area contributed by atoms with Crippen LogP contribution in [0, 0.1) is 11.8 Å². The second-order valence-electron chi connectivity index (χ2n) is 4.33. The highest BCUT2D eigenvalue weighted by molar-refractivity contribution is 7.89. The highest BCUT2D eigenvalue weighted by Gasteiger charge is 2.25. The lowest BCUT2D eigenvalue weighted by atomic mass is 9.97. The van der Waals surface area contributed by atoms with Gasteiger partial charge in [0.15, 0.2) is 5.03 Å². The summed E-state index contributed by atoms with van der Waals surface area (Å²) in [5.41, 5.74) is 0. The Morgan fingerprint density at radius 1 is 1.56 bits per heavy atom. The van der Waals surface area contributed by atoms with Crippen molar-refractivity contribution in [2.24, 2.45) is 18.9 Å². The standard InChI is InChI=1S/C10H17N3O4S/c1-7(2)8(10(14)15)6-12-18(16,17)9-4-5-11-13(9)3/h4-5,7-8,12H,6H2,1-3H3,(H,14,15). The Morgan fingerprint density at radius 3 is 2.56 bits per heavy atom. The summed E-state index contributed by atoms with van der Waals surface area (Å²) in [5, 5.41) is 12.7. The summed E-state index contributed by atoms with van der Waals surface area (Å²) < 4.78 is 27.3. The molecule has 1 unspecified atom stereocenters. The first-order chi connectivity index (χ1) is 8.25. The second kappa shape index (κ2) is 5.49. The molecule has 8 heteroatoms. The van der Waals surface area contributed by atoms with Crippen LogP contribution in [0.1, 0.15) is 13.8 Å². The maximum Gasteiger partial charge on any atom is 0.308 e. The molecule has 0 bridgehead atoms. The molecule has 0 radical (unpaired) electrons. The van der Waals surface area contributed by atoms with Gasteiger partial charge in [0.25, 0.3) is 10.0 Å². The predicted molar refractivity (Wildman–Crippen MR) is 64.4 cm³/mol. The van der Waals surface area contributed by atoms with Gasteiger partial charge in [-0.05, 0) is 12.0 Å². The van der Waals surface area contributed by atoms with Gasteiger partial charge in [0.2, 0.25) is 0 Å². The minimum atomic E-state index is -3.72. The third-order valence-electron chi connectivity index (χ3n) is 2.67. The normalized spacial score (nSPS) is 13.8. The first-order valence-electron chi connectivity index (χ1n) is 5.46. The van der Waals surface area contributed by atoms with Crippen LogP contribution < -0.4 is 4.72 Å². The van der Waals surface area contributed by atoms with Gasteiger partial charge in [-0.1, -0.05) is 13.8 Å². The number of nitrogens with one attached hydrogen (secondary N) is 1. The molecule has 0 saturated carbocycles. The number of carboxylic acid groups (broad SMARTS) is 1. The van der Waals surface area contributed by atoms with E-state index in [1.165, 1.54) is 24.0 Å². The number of nitrogens with zero attached hydrogens (tertiary/aromatic N) is 2. The first-order valence-corrected chi connectivity index (χ1v) is 6.94.